The highest BCUT2D eigenvalue weighted by Crippen LogP contribution is 2.33. The highest BCUT2D eigenvalue weighted by Gasteiger charge is 2.28. The summed E-state index contributed by atoms with van der Waals surface area (Å²) in [5.74, 6) is 0. The average Bonchev–Trinajstić information content (AvgIpc) is 2.49. The van der Waals surface area contributed by atoms with Crippen LogP contribution < -0.4 is 5.73 Å². The lowest BCUT2D eigenvalue weighted by atomic mass is 10.2. The van der Waals surface area contributed by atoms with E-state index in [1.54, 1.807) is 6.20 Å². The molecule has 0 aromatic carbocycles. The van der Waals surface area contributed by atoms with Crippen LogP contribution in [0.4, 0.5) is 0 Å². The Morgan fingerprint density at radius 3 is 2.77 bits per heavy atom. The van der Waals surface area contributed by atoms with Crippen molar-refractivity contribution >= 4 is 18.4 Å². The molecule has 1 aromatic heterocycles. The summed E-state index contributed by atoms with van der Waals surface area (Å²) in [6.07, 6.45) is 3.51. The van der Waals surface area contributed by atoms with Crippen LogP contribution in [0.1, 0.15) is 24.3 Å². The minimum atomic E-state index is -3.08. The number of nitrogens with zero attached hydrogens (tertiary/aromatic N) is 1. The van der Waals surface area contributed by atoms with Crippen LogP contribution in [0.15, 0.2) is 11.7 Å². The molecule has 2 atom stereocenters. The van der Waals surface area contributed by atoms with E-state index in [9.17, 15) is 8.42 Å². The van der Waals surface area contributed by atoms with Crippen LogP contribution in [0, 0.1) is 0 Å². The van der Waals surface area contributed by atoms with Gasteiger partial charge in [-0.2, -0.15) is 8.42 Å². The summed E-state index contributed by atoms with van der Waals surface area (Å²) in [7, 11) is -3.97. The first-order valence-electron chi connectivity index (χ1n) is 3.89. The third-order valence-electron chi connectivity index (χ3n) is 1.72. The fraction of sp³-hybridized carbons (Fsp3) is 0.571. The molecule has 0 aliphatic rings. The SMILES string of the molecule is CC[C@H](N)c1cnc[s+]1S(C)(=O)=O. The van der Waals surface area contributed by atoms with Gasteiger partial charge in [0.1, 0.15) is 9.50 Å². The first-order valence-corrected chi connectivity index (χ1v) is 7.59. The number of nitrogens with two attached hydrogens (primary N) is 1. The quantitative estimate of drug-likeness (QED) is 0.611. The average molecular weight is 221 g/mol. The Bertz CT molecular complexity index is 383. The van der Waals surface area contributed by atoms with Gasteiger partial charge in [0.05, 0.1) is 18.5 Å². The molecule has 0 aliphatic heterocycles. The van der Waals surface area contributed by atoms with Crippen LogP contribution in [0.25, 0.3) is 0 Å². The predicted molar refractivity (Wildman–Crippen MR) is 54.2 cm³/mol. The van der Waals surface area contributed by atoms with Gasteiger partial charge in [0, 0.05) is 0 Å². The van der Waals surface area contributed by atoms with Crippen LogP contribution >= 0.6 is 9.50 Å². The van der Waals surface area contributed by atoms with Gasteiger partial charge in [-0.05, 0) is 6.42 Å². The van der Waals surface area contributed by atoms with Crippen molar-refractivity contribution in [2.45, 2.75) is 19.4 Å². The lowest BCUT2D eigenvalue weighted by molar-refractivity contribution is 0.614. The molecule has 0 saturated carbocycles. The predicted octanol–water partition coefficient (Wildman–Crippen LogP) is 1.05. The molecule has 0 aliphatic carbocycles. The smallest absolute Gasteiger partial charge is 0.320 e. The molecule has 0 fully saturated rings. The zero-order valence-electron chi connectivity index (χ0n) is 7.60. The molecule has 1 heterocycles. The Hall–Kier alpha value is -0.460. The Balaban J connectivity index is 3.18. The Morgan fingerprint density at radius 2 is 2.31 bits per heavy atom. The fourth-order valence-electron chi connectivity index (χ4n) is 0.971. The number of hydrogen-bond donors (Lipinski definition) is 1. The molecule has 1 aromatic rings. The lowest BCUT2D eigenvalue weighted by Gasteiger charge is -2.00. The molecule has 2 N–H and O–H groups in total. The van der Waals surface area contributed by atoms with E-state index < -0.39 is 18.4 Å². The molecule has 0 saturated heterocycles. The summed E-state index contributed by atoms with van der Waals surface area (Å²) in [5.41, 5.74) is 7.22. The standard InChI is InChI=1S/C7H13N2O2S2/c1-3-6(8)7-4-9-5-12(7)13(2,10)11/h4-6H,3,8H2,1-2H3/q+1/t6-,12?/m0/s1. The molecule has 1 rings (SSSR count). The molecular formula is C7H13N2O2S2+. The van der Waals surface area contributed by atoms with Gasteiger partial charge in [-0.25, -0.2) is 4.98 Å². The summed E-state index contributed by atoms with van der Waals surface area (Å²) in [6, 6.07) is -0.194. The van der Waals surface area contributed by atoms with E-state index in [-0.39, 0.29) is 6.04 Å². The molecule has 74 valence electrons. The Labute approximate surface area is 80.1 Å². The first kappa shape index (κ1) is 10.6. The summed E-state index contributed by atoms with van der Waals surface area (Å²) >= 11 is 0. The summed E-state index contributed by atoms with van der Waals surface area (Å²) < 4.78 is 22.6. The minimum Gasteiger partial charge on any atom is -0.320 e. The molecule has 0 bridgehead atoms. The van der Waals surface area contributed by atoms with E-state index in [1.165, 1.54) is 11.8 Å². The first-order chi connectivity index (χ1) is 5.96. The van der Waals surface area contributed by atoms with Crippen molar-refractivity contribution in [2.75, 3.05) is 6.26 Å². The van der Waals surface area contributed by atoms with Crippen molar-refractivity contribution in [3.8, 4) is 0 Å². The van der Waals surface area contributed by atoms with Crippen molar-refractivity contribution in [2.24, 2.45) is 5.73 Å². The molecule has 13 heavy (non-hydrogen) atoms. The fourth-order valence-corrected chi connectivity index (χ4v) is 4.57. The maximum atomic E-state index is 11.3. The van der Waals surface area contributed by atoms with Crippen LogP contribution in [-0.2, 0) is 8.87 Å². The van der Waals surface area contributed by atoms with Gasteiger partial charge in [-0.15, -0.1) is 0 Å². The van der Waals surface area contributed by atoms with Gasteiger partial charge in [0.2, 0.25) is 10.4 Å². The molecular weight excluding hydrogens is 208 g/mol. The van der Waals surface area contributed by atoms with E-state index in [0.717, 1.165) is 11.3 Å². The third-order valence-corrected chi connectivity index (χ3v) is 6.35. The van der Waals surface area contributed by atoms with E-state index in [1.807, 2.05) is 6.92 Å². The van der Waals surface area contributed by atoms with Gasteiger partial charge >= 0.3 is 8.87 Å². The molecule has 0 spiro atoms. The van der Waals surface area contributed by atoms with E-state index in [4.69, 9.17) is 5.73 Å². The summed E-state index contributed by atoms with van der Waals surface area (Å²) in [6.45, 7) is 1.92. The van der Waals surface area contributed by atoms with Gasteiger partial charge in [0.25, 0.3) is 0 Å². The molecule has 0 radical (unpaired) electrons. The van der Waals surface area contributed by atoms with E-state index >= 15 is 0 Å². The third kappa shape index (κ3) is 2.26. The number of hydrogen-bond acceptors (Lipinski definition) is 4. The maximum absolute atomic E-state index is 11.3. The number of aromatic nitrogens is 1. The highest BCUT2D eigenvalue weighted by atomic mass is 33.2. The molecule has 4 nitrogen and oxygen atoms in total. The van der Waals surface area contributed by atoms with E-state index in [0.29, 0.717) is 0 Å². The van der Waals surface area contributed by atoms with Crippen LogP contribution in [0.3, 0.4) is 0 Å². The van der Waals surface area contributed by atoms with Crippen molar-refractivity contribution in [3.05, 3.63) is 16.6 Å². The zero-order valence-corrected chi connectivity index (χ0v) is 9.23. The lowest BCUT2D eigenvalue weighted by Crippen LogP contribution is -2.08. The summed E-state index contributed by atoms with van der Waals surface area (Å²) in [5, 5.41) is 0. The normalized spacial score (nSPS) is 15.8. The van der Waals surface area contributed by atoms with Crippen molar-refractivity contribution in [1.82, 2.24) is 4.98 Å². The van der Waals surface area contributed by atoms with Crippen molar-refractivity contribution in [1.29, 1.82) is 0 Å². The van der Waals surface area contributed by atoms with Gasteiger partial charge in [0.15, 0.2) is 0 Å². The second kappa shape index (κ2) is 3.73. The number of thiazole rings is 1. The van der Waals surface area contributed by atoms with E-state index in [2.05, 4.69) is 4.98 Å². The van der Waals surface area contributed by atoms with Crippen molar-refractivity contribution in [3.63, 3.8) is 0 Å². The van der Waals surface area contributed by atoms with Crippen LogP contribution in [0.2, 0.25) is 0 Å². The van der Waals surface area contributed by atoms with Gasteiger partial charge in [-0.1, -0.05) is 6.92 Å². The topological polar surface area (TPSA) is 73.0 Å². The van der Waals surface area contributed by atoms with Crippen LogP contribution in [-0.4, -0.2) is 19.7 Å². The Morgan fingerprint density at radius 1 is 1.69 bits per heavy atom. The maximum Gasteiger partial charge on any atom is 0.336 e. The monoisotopic (exact) mass is 221 g/mol. The second-order valence-corrected chi connectivity index (χ2v) is 8.38. The highest BCUT2D eigenvalue weighted by molar-refractivity contribution is 8.38. The number of rotatable bonds is 3. The Kier molecular flexibility index (Phi) is 3.05. The molecule has 0 amide bonds. The summed E-state index contributed by atoms with van der Waals surface area (Å²) in [4.78, 5) is 4.57. The zero-order chi connectivity index (χ0) is 10.1. The van der Waals surface area contributed by atoms with Gasteiger partial charge in [-0.3, -0.25) is 0 Å². The minimum absolute atomic E-state index is 0.194. The largest absolute Gasteiger partial charge is 0.336 e. The second-order valence-electron chi connectivity index (χ2n) is 2.80. The molecule has 6 heteroatoms. The van der Waals surface area contributed by atoms with Crippen LogP contribution in [0.5, 0.6) is 0 Å². The van der Waals surface area contributed by atoms with Crippen molar-refractivity contribution < 1.29 is 8.42 Å². The molecule has 1 unspecified atom stereocenters. The van der Waals surface area contributed by atoms with Gasteiger partial charge < -0.3 is 5.73 Å².